The molecule has 0 radical (unpaired) electrons. The Morgan fingerprint density at radius 3 is 2.82 bits per heavy atom. The summed E-state index contributed by atoms with van der Waals surface area (Å²) in [4.78, 5) is 11.8. The standard InChI is InChI=1S/C11H11BrN4O/c1-7-3-4-8(5-9(7)12)13-11(17)10-6-16(2)15-14-10/h3-6H,1-2H3,(H,13,17). The number of nitrogens with one attached hydrogen (secondary N) is 1. The Morgan fingerprint density at radius 2 is 2.24 bits per heavy atom. The molecule has 0 aliphatic carbocycles. The number of hydrogen-bond donors (Lipinski definition) is 1. The van der Waals surface area contributed by atoms with Crippen molar-refractivity contribution < 1.29 is 4.79 Å². The Balaban J connectivity index is 2.15. The third kappa shape index (κ3) is 2.71. The minimum Gasteiger partial charge on any atom is -0.321 e. The number of nitrogens with zero attached hydrogens (tertiary/aromatic N) is 3. The van der Waals surface area contributed by atoms with Crippen molar-refractivity contribution in [3.8, 4) is 0 Å². The number of aromatic nitrogens is 3. The van der Waals surface area contributed by atoms with Crippen LogP contribution in [0.3, 0.4) is 0 Å². The van der Waals surface area contributed by atoms with Crippen molar-refractivity contribution in [2.75, 3.05) is 5.32 Å². The molecule has 1 N–H and O–H groups in total. The van der Waals surface area contributed by atoms with Crippen molar-refractivity contribution in [3.05, 3.63) is 40.1 Å². The quantitative estimate of drug-likeness (QED) is 0.923. The van der Waals surface area contributed by atoms with E-state index in [0.29, 0.717) is 5.69 Å². The molecule has 2 aromatic rings. The monoisotopic (exact) mass is 294 g/mol. The largest absolute Gasteiger partial charge is 0.321 e. The van der Waals surface area contributed by atoms with E-state index in [1.54, 1.807) is 13.2 Å². The van der Waals surface area contributed by atoms with E-state index in [2.05, 4.69) is 31.6 Å². The van der Waals surface area contributed by atoms with Crippen LogP contribution in [-0.2, 0) is 7.05 Å². The molecule has 1 aromatic heterocycles. The van der Waals surface area contributed by atoms with Crippen molar-refractivity contribution in [3.63, 3.8) is 0 Å². The highest BCUT2D eigenvalue weighted by Gasteiger charge is 2.10. The number of carbonyl (C=O) groups excluding carboxylic acids is 1. The first-order chi connectivity index (χ1) is 8.06. The summed E-state index contributed by atoms with van der Waals surface area (Å²) in [6.45, 7) is 1.98. The minimum atomic E-state index is -0.270. The van der Waals surface area contributed by atoms with Gasteiger partial charge in [-0.25, -0.2) is 0 Å². The highest BCUT2D eigenvalue weighted by molar-refractivity contribution is 9.10. The molecule has 0 fully saturated rings. The molecular weight excluding hydrogens is 284 g/mol. The summed E-state index contributed by atoms with van der Waals surface area (Å²) in [6.07, 6.45) is 1.57. The Morgan fingerprint density at radius 1 is 1.47 bits per heavy atom. The molecule has 17 heavy (non-hydrogen) atoms. The predicted octanol–water partition coefficient (Wildman–Crippen LogP) is 2.14. The second kappa shape index (κ2) is 4.67. The van der Waals surface area contributed by atoms with Crippen LogP contribution in [0.25, 0.3) is 0 Å². The molecule has 0 aliphatic rings. The lowest BCUT2D eigenvalue weighted by Gasteiger charge is -2.04. The fourth-order valence-corrected chi connectivity index (χ4v) is 1.70. The van der Waals surface area contributed by atoms with Crippen LogP contribution in [0, 0.1) is 6.92 Å². The summed E-state index contributed by atoms with van der Waals surface area (Å²) in [7, 11) is 1.71. The first kappa shape index (κ1) is 11.8. The Kier molecular flexibility index (Phi) is 3.23. The van der Waals surface area contributed by atoms with Gasteiger partial charge in [-0.05, 0) is 24.6 Å². The van der Waals surface area contributed by atoms with Gasteiger partial charge in [0.25, 0.3) is 5.91 Å². The van der Waals surface area contributed by atoms with Crippen molar-refractivity contribution in [2.24, 2.45) is 7.05 Å². The SMILES string of the molecule is Cc1ccc(NC(=O)c2cn(C)nn2)cc1Br. The van der Waals surface area contributed by atoms with Gasteiger partial charge in [-0.1, -0.05) is 27.2 Å². The molecule has 0 spiro atoms. The van der Waals surface area contributed by atoms with Crippen LogP contribution in [0.15, 0.2) is 28.9 Å². The van der Waals surface area contributed by atoms with E-state index >= 15 is 0 Å². The van der Waals surface area contributed by atoms with Gasteiger partial charge in [-0.15, -0.1) is 5.10 Å². The van der Waals surface area contributed by atoms with E-state index in [4.69, 9.17) is 0 Å². The summed E-state index contributed by atoms with van der Waals surface area (Å²) >= 11 is 3.41. The second-order valence-electron chi connectivity index (χ2n) is 3.70. The van der Waals surface area contributed by atoms with Gasteiger partial charge in [0.15, 0.2) is 5.69 Å². The maximum atomic E-state index is 11.8. The Labute approximate surface area is 107 Å². The molecule has 0 atom stereocenters. The van der Waals surface area contributed by atoms with E-state index in [0.717, 1.165) is 15.7 Å². The van der Waals surface area contributed by atoms with E-state index in [9.17, 15) is 4.79 Å². The van der Waals surface area contributed by atoms with Gasteiger partial charge in [-0.2, -0.15) is 0 Å². The summed E-state index contributed by atoms with van der Waals surface area (Å²) in [5.41, 5.74) is 2.13. The third-order valence-corrected chi connectivity index (χ3v) is 3.12. The maximum Gasteiger partial charge on any atom is 0.277 e. The zero-order valence-corrected chi connectivity index (χ0v) is 11.0. The van der Waals surface area contributed by atoms with E-state index < -0.39 is 0 Å². The zero-order valence-electron chi connectivity index (χ0n) is 9.44. The number of benzene rings is 1. The maximum absolute atomic E-state index is 11.8. The summed E-state index contributed by atoms with van der Waals surface area (Å²) in [5, 5.41) is 10.2. The fraction of sp³-hybridized carbons (Fsp3) is 0.182. The minimum absolute atomic E-state index is 0.270. The van der Waals surface area contributed by atoms with Gasteiger partial charge in [0.2, 0.25) is 0 Å². The van der Waals surface area contributed by atoms with Gasteiger partial charge in [0, 0.05) is 17.2 Å². The van der Waals surface area contributed by atoms with Crippen molar-refractivity contribution in [1.82, 2.24) is 15.0 Å². The van der Waals surface area contributed by atoms with Crippen LogP contribution >= 0.6 is 15.9 Å². The van der Waals surface area contributed by atoms with Gasteiger partial charge in [-0.3, -0.25) is 9.48 Å². The lowest BCUT2D eigenvalue weighted by Crippen LogP contribution is -2.12. The van der Waals surface area contributed by atoms with Crippen molar-refractivity contribution in [2.45, 2.75) is 6.92 Å². The molecule has 1 heterocycles. The topological polar surface area (TPSA) is 59.8 Å². The van der Waals surface area contributed by atoms with Crippen molar-refractivity contribution >= 4 is 27.5 Å². The third-order valence-electron chi connectivity index (χ3n) is 2.26. The molecule has 0 saturated heterocycles. The van der Waals surface area contributed by atoms with Crippen LogP contribution < -0.4 is 5.32 Å². The second-order valence-corrected chi connectivity index (χ2v) is 4.55. The average molecular weight is 295 g/mol. The van der Waals surface area contributed by atoms with E-state index in [-0.39, 0.29) is 5.91 Å². The molecule has 6 heteroatoms. The van der Waals surface area contributed by atoms with Crippen LogP contribution in [0.1, 0.15) is 16.1 Å². The number of anilines is 1. The fourth-order valence-electron chi connectivity index (χ4n) is 1.32. The van der Waals surface area contributed by atoms with Crippen LogP contribution in [0.2, 0.25) is 0 Å². The average Bonchev–Trinajstić information content (AvgIpc) is 2.70. The predicted molar refractivity (Wildman–Crippen MR) is 67.8 cm³/mol. The van der Waals surface area contributed by atoms with Gasteiger partial charge in [0.1, 0.15) is 0 Å². The molecule has 0 bridgehead atoms. The number of amides is 1. The lowest BCUT2D eigenvalue weighted by atomic mass is 10.2. The normalized spacial score (nSPS) is 10.3. The smallest absolute Gasteiger partial charge is 0.277 e. The highest BCUT2D eigenvalue weighted by Crippen LogP contribution is 2.20. The van der Waals surface area contributed by atoms with Crippen LogP contribution in [0.4, 0.5) is 5.69 Å². The van der Waals surface area contributed by atoms with Crippen LogP contribution in [-0.4, -0.2) is 20.9 Å². The van der Waals surface area contributed by atoms with Crippen molar-refractivity contribution in [1.29, 1.82) is 0 Å². The molecule has 5 nitrogen and oxygen atoms in total. The summed E-state index contributed by atoms with van der Waals surface area (Å²) < 4.78 is 2.44. The van der Waals surface area contributed by atoms with E-state index in [1.165, 1.54) is 4.68 Å². The number of halogens is 1. The number of rotatable bonds is 2. The first-order valence-corrected chi connectivity index (χ1v) is 5.79. The number of hydrogen-bond acceptors (Lipinski definition) is 3. The summed E-state index contributed by atoms with van der Waals surface area (Å²) in [6, 6.07) is 5.62. The van der Waals surface area contributed by atoms with Gasteiger partial charge in [0.05, 0.1) is 6.20 Å². The Bertz CT molecular complexity index is 564. The lowest BCUT2D eigenvalue weighted by molar-refractivity contribution is 0.102. The molecule has 0 unspecified atom stereocenters. The number of aryl methyl sites for hydroxylation is 2. The molecular formula is C11H11BrN4O. The zero-order chi connectivity index (χ0) is 12.4. The van der Waals surface area contributed by atoms with E-state index in [1.807, 2.05) is 25.1 Å². The molecule has 1 aromatic carbocycles. The van der Waals surface area contributed by atoms with Crippen LogP contribution in [0.5, 0.6) is 0 Å². The van der Waals surface area contributed by atoms with Gasteiger partial charge >= 0.3 is 0 Å². The first-order valence-electron chi connectivity index (χ1n) is 5.00. The number of carbonyl (C=O) groups is 1. The Hall–Kier alpha value is -1.69. The highest BCUT2D eigenvalue weighted by atomic mass is 79.9. The van der Waals surface area contributed by atoms with Gasteiger partial charge < -0.3 is 5.32 Å². The molecule has 2 rings (SSSR count). The molecule has 0 saturated carbocycles. The molecule has 0 aliphatic heterocycles. The summed E-state index contributed by atoms with van der Waals surface area (Å²) in [5.74, 6) is -0.270. The molecule has 88 valence electrons. The molecule has 1 amide bonds.